The third-order valence-electron chi connectivity index (χ3n) is 2.85. The van der Waals surface area contributed by atoms with Crippen molar-refractivity contribution in [2.24, 2.45) is 0 Å². The number of aromatic amines is 1. The van der Waals surface area contributed by atoms with Crippen LogP contribution in [0.4, 0.5) is 0 Å². The van der Waals surface area contributed by atoms with Gasteiger partial charge in [0.2, 0.25) is 0 Å². The predicted octanol–water partition coefficient (Wildman–Crippen LogP) is 0.497. The minimum absolute atomic E-state index is 0.133. The van der Waals surface area contributed by atoms with E-state index in [1.54, 1.807) is 6.92 Å². The van der Waals surface area contributed by atoms with Crippen molar-refractivity contribution in [1.82, 2.24) is 4.98 Å². The van der Waals surface area contributed by atoms with Crippen LogP contribution in [0.2, 0.25) is 0 Å². The van der Waals surface area contributed by atoms with E-state index in [1.807, 2.05) is 0 Å². The molecule has 2 rings (SSSR count). The monoisotopic (exact) mass is 223 g/mol. The first-order valence-electron chi connectivity index (χ1n) is 5.17. The molecule has 0 fully saturated rings. The van der Waals surface area contributed by atoms with E-state index in [0.717, 1.165) is 11.3 Å². The molecule has 0 aromatic carbocycles. The number of H-pyrrole nitrogens is 1. The molecule has 5 nitrogen and oxygen atoms in total. The molecule has 2 heterocycles. The molecule has 0 amide bonds. The molecule has 16 heavy (non-hydrogen) atoms. The van der Waals surface area contributed by atoms with Crippen molar-refractivity contribution >= 4 is 5.97 Å². The van der Waals surface area contributed by atoms with Crippen LogP contribution in [0.15, 0.2) is 4.79 Å². The fourth-order valence-corrected chi connectivity index (χ4v) is 2.11. The maximum Gasteiger partial charge on any atom is 0.341 e. The van der Waals surface area contributed by atoms with Gasteiger partial charge in [0.15, 0.2) is 0 Å². The summed E-state index contributed by atoms with van der Waals surface area (Å²) in [6, 6.07) is 0. The quantitative estimate of drug-likeness (QED) is 0.726. The first-order valence-corrected chi connectivity index (χ1v) is 5.17. The van der Waals surface area contributed by atoms with Gasteiger partial charge < -0.3 is 14.8 Å². The van der Waals surface area contributed by atoms with E-state index >= 15 is 0 Å². The van der Waals surface area contributed by atoms with Crippen molar-refractivity contribution in [3.05, 3.63) is 32.7 Å². The summed E-state index contributed by atoms with van der Waals surface area (Å²) in [7, 11) is 0. The van der Waals surface area contributed by atoms with Crippen LogP contribution in [-0.2, 0) is 17.6 Å². The Morgan fingerprint density at radius 2 is 1.94 bits per heavy atom. The van der Waals surface area contributed by atoms with Gasteiger partial charge in [-0.3, -0.25) is 4.79 Å². The molecule has 0 radical (unpaired) electrons. The van der Waals surface area contributed by atoms with E-state index in [4.69, 9.17) is 9.84 Å². The molecule has 1 aliphatic heterocycles. The summed E-state index contributed by atoms with van der Waals surface area (Å²) >= 11 is 0. The van der Waals surface area contributed by atoms with Gasteiger partial charge >= 0.3 is 5.97 Å². The van der Waals surface area contributed by atoms with Crippen LogP contribution in [0.3, 0.4) is 0 Å². The van der Waals surface area contributed by atoms with Crippen LogP contribution in [0.25, 0.3) is 0 Å². The van der Waals surface area contributed by atoms with Crippen molar-refractivity contribution in [2.45, 2.75) is 19.8 Å². The minimum Gasteiger partial charge on any atom is -0.477 e. The van der Waals surface area contributed by atoms with Gasteiger partial charge in [-0.1, -0.05) is 0 Å². The fourth-order valence-electron chi connectivity index (χ4n) is 2.11. The zero-order valence-corrected chi connectivity index (χ0v) is 9.00. The Balaban J connectivity index is 2.70. The van der Waals surface area contributed by atoms with E-state index in [1.165, 1.54) is 0 Å². The van der Waals surface area contributed by atoms with Crippen molar-refractivity contribution in [1.29, 1.82) is 0 Å². The molecule has 0 saturated heterocycles. The summed E-state index contributed by atoms with van der Waals surface area (Å²) in [5.74, 6) is -1.17. The number of rotatable bonds is 1. The van der Waals surface area contributed by atoms with Crippen LogP contribution >= 0.6 is 0 Å². The lowest BCUT2D eigenvalue weighted by atomic mass is 9.97. The molecule has 86 valence electrons. The SMILES string of the molecule is Cc1[nH]c(=O)c(C(=O)O)c2c1CCOCC2. The van der Waals surface area contributed by atoms with Gasteiger partial charge in [-0.05, 0) is 30.9 Å². The number of hydrogen-bond acceptors (Lipinski definition) is 3. The Morgan fingerprint density at radius 3 is 2.56 bits per heavy atom. The van der Waals surface area contributed by atoms with Crippen molar-refractivity contribution in [3.8, 4) is 0 Å². The van der Waals surface area contributed by atoms with Gasteiger partial charge in [0, 0.05) is 5.69 Å². The lowest BCUT2D eigenvalue weighted by Gasteiger charge is -2.10. The molecule has 2 N–H and O–H groups in total. The highest BCUT2D eigenvalue weighted by Crippen LogP contribution is 2.18. The van der Waals surface area contributed by atoms with Crippen LogP contribution in [-0.4, -0.2) is 29.3 Å². The third kappa shape index (κ3) is 1.74. The fraction of sp³-hybridized carbons (Fsp3) is 0.455. The van der Waals surface area contributed by atoms with Gasteiger partial charge in [-0.15, -0.1) is 0 Å². The van der Waals surface area contributed by atoms with E-state index < -0.39 is 11.5 Å². The average molecular weight is 223 g/mol. The Morgan fingerprint density at radius 1 is 1.31 bits per heavy atom. The van der Waals surface area contributed by atoms with Gasteiger partial charge in [-0.2, -0.15) is 0 Å². The molecule has 0 saturated carbocycles. The second-order valence-electron chi connectivity index (χ2n) is 3.83. The first-order chi connectivity index (χ1) is 7.61. The number of carboxylic acids is 1. The lowest BCUT2D eigenvalue weighted by molar-refractivity contribution is 0.0693. The van der Waals surface area contributed by atoms with E-state index in [0.29, 0.717) is 31.6 Å². The highest BCUT2D eigenvalue weighted by Gasteiger charge is 2.21. The van der Waals surface area contributed by atoms with E-state index in [9.17, 15) is 9.59 Å². The smallest absolute Gasteiger partial charge is 0.341 e. The molecule has 0 bridgehead atoms. The number of nitrogens with one attached hydrogen (secondary N) is 1. The highest BCUT2D eigenvalue weighted by atomic mass is 16.5. The molecule has 0 unspecified atom stereocenters. The van der Waals surface area contributed by atoms with Gasteiger partial charge in [0.1, 0.15) is 5.56 Å². The van der Waals surface area contributed by atoms with Gasteiger partial charge in [-0.25, -0.2) is 4.79 Å². The second kappa shape index (κ2) is 4.09. The number of carbonyl (C=O) groups is 1. The Kier molecular flexibility index (Phi) is 2.78. The molecule has 5 heteroatoms. The van der Waals surface area contributed by atoms with Crippen LogP contribution in [0.5, 0.6) is 0 Å². The number of aryl methyl sites for hydroxylation is 1. The first kappa shape index (κ1) is 10.9. The summed E-state index contributed by atoms with van der Waals surface area (Å²) in [6.45, 7) is 2.83. The maximum atomic E-state index is 11.6. The molecular weight excluding hydrogens is 210 g/mol. The highest BCUT2D eigenvalue weighted by molar-refractivity contribution is 5.89. The molecule has 0 aliphatic carbocycles. The third-order valence-corrected chi connectivity index (χ3v) is 2.85. The number of ether oxygens (including phenoxy) is 1. The number of pyridine rings is 1. The maximum absolute atomic E-state index is 11.6. The van der Waals surface area contributed by atoms with Crippen LogP contribution in [0.1, 0.15) is 27.2 Å². The number of fused-ring (bicyclic) bond motifs is 1. The van der Waals surface area contributed by atoms with Crippen molar-refractivity contribution in [3.63, 3.8) is 0 Å². The topological polar surface area (TPSA) is 79.4 Å². The lowest BCUT2D eigenvalue weighted by Crippen LogP contribution is -2.23. The van der Waals surface area contributed by atoms with Gasteiger partial charge in [0.25, 0.3) is 5.56 Å². The van der Waals surface area contributed by atoms with E-state index in [-0.39, 0.29) is 5.56 Å². The molecule has 1 aromatic rings. The van der Waals surface area contributed by atoms with Crippen molar-refractivity contribution < 1.29 is 14.6 Å². The molecule has 0 atom stereocenters. The zero-order valence-electron chi connectivity index (χ0n) is 9.00. The summed E-state index contributed by atoms with van der Waals surface area (Å²) in [4.78, 5) is 25.2. The summed E-state index contributed by atoms with van der Waals surface area (Å²) in [5.41, 5.74) is 1.63. The molecule has 1 aromatic heterocycles. The summed E-state index contributed by atoms with van der Waals surface area (Å²) in [5, 5.41) is 9.04. The second-order valence-corrected chi connectivity index (χ2v) is 3.83. The van der Waals surface area contributed by atoms with Crippen LogP contribution < -0.4 is 5.56 Å². The van der Waals surface area contributed by atoms with Gasteiger partial charge in [0.05, 0.1) is 13.2 Å². The van der Waals surface area contributed by atoms with Crippen LogP contribution in [0, 0.1) is 6.92 Å². The van der Waals surface area contributed by atoms with E-state index in [2.05, 4.69) is 4.98 Å². The number of hydrogen-bond donors (Lipinski definition) is 2. The Hall–Kier alpha value is -1.62. The zero-order chi connectivity index (χ0) is 11.7. The standard InChI is InChI=1S/C11H13NO4/c1-6-7-2-4-16-5-3-8(7)9(11(14)15)10(13)12-6/h2-5H2,1H3,(H,12,13)(H,14,15). The minimum atomic E-state index is -1.17. The number of carboxylic acid groups (broad SMARTS) is 1. The normalized spacial score (nSPS) is 15.3. The van der Waals surface area contributed by atoms with Crippen molar-refractivity contribution in [2.75, 3.05) is 13.2 Å². The average Bonchev–Trinajstić information content (AvgIpc) is 2.42. The molecule has 0 spiro atoms. The number of aromatic carboxylic acids is 1. The number of aromatic nitrogens is 1. The Bertz CT molecular complexity index is 489. The molecular formula is C11H13NO4. The Labute approximate surface area is 92.1 Å². The predicted molar refractivity (Wildman–Crippen MR) is 57.0 cm³/mol. The largest absolute Gasteiger partial charge is 0.477 e. The summed E-state index contributed by atoms with van der Waals surface area (Å²) in [6.07, 6.45) is 1.14. The summed E-state index contributed by atoms with van der Waals surface area (Å²) < 4.78 is 5.30. The molecule has 1 aliphatic rings.